The van der Waals surface area contributed by atoms with Gasteiger partial charge in [-0.05, 0) is 25.3 Å². The molecule has 0 radical (unpaired) electrons. The lowest BCUT2D eigenvalue weighted by Crippen LogP contribution is -2.86. The molecule has 0 bridgehead atoms. The summed E-state index contributed by atoms with van der Waals surface area (Å²) in [5.41, 5.74) is 10.6. The Labute approximate surface area is 220 Å². The standard InChI is InChI=1S/C29H53N5O2/c1-3-4-5-6-7-8-9-10-11-12-16-20-32-24-29(36)33(21-19-30)22-23-34(25-28(31)35)26(2)27-17-14-13-15-18-27/h13-15,17-18,26,32H,3-12,16,19-25,30H2,1-2H3,(H2,31,35)/p+2. The van der Waals surface area contributed by atoms with Gasteiger partial charge in [-0.3, -0.25) is 14.5 Å². The van der Waals surface area contributed by atoms with Crippen LogP contribution in [0, 0.1) is 0 Å². The third-order valence-electron chi connectivity index (χ3n) is 6.96. The van der Waals surface area contributed by atoms with Crippen LogP contribution in [0.1, 0.15) is 96.1 Å². The van der Waals surface area contributed by atoms with E-state index in [1.165, 1.54) is 70.6 Å². The van der Waals surface area contributed by atoms with E-state index in [-0.39, 0.29) is 24.4 Å². The van der Waals surface area contributed by atoms with Gasteiger partial charge in [-0.2, -0.15) is 0 Å². The molecule has 0 aromatic heterocycles. The number of rotatable bonds is 23. The van der Waals surface area contributed by atoms with Gasteiger partial charge in [0.1, 0.15) is 0 Å². The van der Waals surface area contributed by atoms with Crippen LogP contribution in [0.25, 0.3) is 0 Å². The number of hydrogen-bond acceptors (Lipinski definition) is 3. The number of benzene rings is 1. The highest BCUT2D eigenvalue weighted by Crippen LogP contribution is 2.19. The van der Waals surface area contributed by atoms with Gasteiger partial charge in [0.15, 0.2) is 6.54 Å². The van der Waals surface area contributed by atoms with Crippen molar-refractivity contribution in [1.29, 1.82) is 0 Å². The molecule has 1 unspecified atom stereocenters. The molecule has 0 fully saturated rings. The summed E-state index contributed by atoms with van der Waals surface area (Å²) < 4.78 is 0. The molecule has 0 aliphatic heterocycles. The van der Waals surface area contributed by atoms with Crippen LogP contribution in [0.2, 0.25) is 0 Å². The average Bonchev–Trinajstić information content (AvgIpc) is 2.88. The Kier molecular flexibility index (Phi) is 18.8. The van der Waals surface area contributed by atoms with E-state index in [9.17, 15) is 9.59 Å². The van der Waals surface area contributed by atoms with Crippen LogP contribution in [0.5, 0.6) is 0 Å². The molecule has 0 saturated carbocycles. The van der Waals surface area contributed by atoms with E-state index in [2.05, 4.69) is 41.9 Å². The Morgan fingerprint density at radius 3 is 2.03 bits per heavy atom. The van der Waals surface area contributed by atoms with E-state index in [1.807, 2.05) is 23.1 Å². The molecule has 7 N–H and O–H groups in total. The first kappa shape index (κ1) is 32.1. The van der Waals surface area contributed by atoms with Crippen LogP contribution in [0.3, 0.4) is 0 Å². The van der Waals surface area contributed by atoms with Crippen molar-refractivity contribution in [2.45, 2.75) is 90.5 Å². The summed E-state index contributed by atoms with van der Waals surface area (Å²) in [6, 6.07) is 10.1. The van der Waals surface area contributed by atoms with E-state index in [0.717, 1.165) is 12.1 Å². The maximum absolute atomic E-state index is 12.9. The van der Waals surface area contributed by atoms with Crippen molar-refractivity contribution in [2.24, 2.45) is 5.73 Å². The minimum atomic E-state index is -0.354. The predicted octanol–water partition coefficient (Wildman–Crippen LogP) is 2.48. The molecule has 1 aromatic rings. The first-order valence-electron chi connectivity index (χ1n) is 14.5. The number of nitrogens with zero attached hydrogens (tertiary/aromatic N) is 2. The minimum Gasteiger partial charge on any atom is -0.369 e. The van der Waals surface area contributed by atoms with Crippen LogP contribution in [-0.2, 0) is 9.59 Å². The summed E-state index contributed by atoms with van der Waals surface area (Å²) in [5, 5.41) is 2.14. The number of nitrogens with two attached hydrogens (primary N) is 2. The van der Waals surface area contributed by atoms with Gasteiger partial charge in [-0.25, -0.2) is 0 Å². The summed E-state index contributed by atoms with van der Waals surface area (Å²) >= 11 is 0. The lowest BCUT2D eigenvalue weighted by atomic mass is 10.1. The van der Waals surface area contributed by atoms with Crippen molar-refractivity contribution in [2.75, 3.05) is 45.8 Å². The summed E-state index contributed by atoms with van der Waals surface area (Å²) in [5.74, 6) is -0.207. The Morgan fingerprint density at radius 2 is 1.47 bits per heavy atom. The van der Waals surface area contributed by atoms with E-state index in [1.54, 1.807) is 0 Å². The maximum Gasteiger partial charge on any atom is 0.277 e. The number of quaternary nitrogens is 2. The van der Waals surface area contributed by atoms with Crippen molar-refractivity contribution in [1.82, 2.24) is 9.80 Å². The molecule has 0 aliphatic carbocycles. The first-order valence-corrected chi connectivity index (χ1v) is 14.5. The topological polar surface area (TPSA) is 111 Å². The molecule has 1 aromatic carbocycles. The van der Waals surface area contributed by atoms with Crippen LogP contribution in [-0.4, -0.2) is 67.4 Å². The van der Waals surface area contributed by atoms with E-state index < -0.39 is 0 Å². The zero-order chi connectivity index (χ0) is 26.4. The average molecular weight is 506 g/mol. The van der Waals surface area contributed by atoms with Crippen LogP contribution in [0.15, 0.2) is 30.3 Å². The van der Waals surface area contributed by atoms with Crippen LogP contribution >= 0.6 is 0 Å². The molecule has 0 heterocycles. The molecule has 1 rings (SSSR count). The number of unbranched alkanes of at least 4 members (excludes halogenated alkanes) is 10. The molecule has 0 spiro atoms. The summed E-state index contributed by atoms with van der Waals surface area (Å²) in [6.45, 7) is 8.47. The zero-order valence-electron chi connectivity index (χ0n) is 23.3. The van der Waals surface area contributed by atoms with Gasteiger partial charge in [0, 0.05) is 19.1 Å². The van der Waals surface area contributed by atoms with Crippen molar-refractivity contribution in [3.8, 4) is 0 Å². The van der Waals surface area contributed by atoms with Crippen molar-refractivity contribution in [3.05, 3.63) is 35.9 Å². The molecule has 1 atom stereocenters. The highest BCUT2D eigenvalue weighted by Gasteiger charge is 2.21. The molecule has 36 heavy (non-hydrogen) atoms. The Hall–Kier alpha value is -1.96. The summed E-state index contributed by atoms with van der Waals surface area (Å²) in [4.78, 5) is 28.5. The second-order valence-electron chi connectivity index (χ2n) is 10.1. The van der Waals surface area contributed by atoms with Crippen molar-refractivity contribution in [3.63, 3.8) is 0 Å². The van der Waals surface area contributed by atoms with Gasteiger partial charge in [0.25, 0.3) is 5.91 Å². The van der Waals surface area contributed by atoms with Gasteiger partial charge >= 0.3 is 0 Å². The van der Waals surface area contributed by atoms with E-state index in [0.29, 0.717) is 32.7 Å². The van der Waals surface area contributed by atoms with Crippen LogP contribution in [0.4, 0.5) is 0 Å². The molecular formula is C29H55N5O2+2. The third-order valence-corrected chi connectivity index (χ3v) is 6.96. The normalized spacial score (nSPS) is 12.1. The largest absolute Gasteiger partial charge is 0.369 e. The van der Waals surface area contributed by atoms with Gasteiger partial charge in [-0.15, -0.1) is 0 Å². The van der Waals surface area contributed by atoms with Gasteiger partial charge in [0.2, 0.25) is 5.91 Å². The fourth-order valence-corrected chi connectivity index (χ4v) is 4.66. The van der Waals surface area contributed by atoms with Gasteiger partial charge in [-0.1, -0.05) is 95.0 Å². The first-order chi connectivity index (χ1) is 17.5. The maximum atomic E-state index is 12.9. The molecule has 206 valence electrons. The molecule has 7 heteroatoms. The van der Waals surface area contributed by atoms with Crippen molar-refractivity contribution >= 4 is 11.8 Å². The molecule has 0 aliphatic rings. The predicted molar refractivity (Wildman–Crippen MR) is 148 cm³/mol. The van der Waals surface area contributed by atoms with Gasteiger partial charge in [0.05, 0.1) is 26.2 Å². The Balaban J connectivity index is 2.29. The monoisotopic (exact) mass is 505 g/mol. The third kappa shape index (κ3) is 15.2. The Morgan fingerprint density at radius 1 is 0.889 bits per heavy atom. The van der Waals surface area contributed by atoms with Gasteiger partial charge < -0.3 is 21.7 Å². The highest BCUT2D eigenvalue weighted by molar-refractivity contribution is 5.77. The number of primary amides is 1. The quantitative estimate of drug-likeness (QED) is 0.199. The molecular weight excluding hydrogens is 450 g/mol. The minimum absolute atomic E-state index is 0.0445. The number of carbonyl (C=O) groups is 2. The van der Waals surface area contributed by atoms with E-state index in [4.69, 9.17) is 5.73 Å². The zero-order valence-corrected chi connectivity index (χ0v) is 23.3. The number of carbonyl (C=O) groups excluding carboxylic acids is 2. The summed E-state index contributed by atoms with van der Waals surface area (Å²) in [7, 11) is 0. The highest BCUT2D eigenvalue weighted by atomic mass is 16.2. The fourth-order valence-electron chi connectivity index (χ4n) is 4.66. The van der Waals surface area contributed by atoms with Crippen LogP contribution < -0.4 is 16.8 Å². The summed E-state index contributed by atoms with van der Waals surface area (Å²) in [6.07, 6.45) is 14.7. The van der Waals surface area contributed by atoms with E-state index >= 15 is 0 Å². The smallest absolute Gasteiger partial charge is 0.277 e. The van der Waals surface area contributed by atoms with Crippen molar-refractivity contribution < 1.29 is 20.6 Å². The molecule has 2 amide bonds. The second-order valence-corrected chi connectivity index (χ2v) is 10.1. The molecule has 0 saturated heterocycles. The lowest BCUT2D eigenvalue weighted by molar-refractivity contribution is -0.645. The number of amides is 2. The second kappa shape index (κ2) is 21.2. The molecule has 7 nitrogen and oxygen atoms in total. The lowest BCUT2D eigenvalue weighted by Gasteiger charge is -2.31. The SMILES string of the molecule is CCCCCCCCCCCCC[NH2+]CC(=O)N(CC[NH3+])CCN(CC(N)=O)C(C)c1ccccc1. The number of hydrogen-bond donors (Lipinski definition) is 3. The Bertz CT molecular complexity index is 686. The fraction of sp³-hybridized carbons (Fsp3) is 0.724.